The van der Waals surface area contributed by atoms with Crippen LogP contribution in [-0.2, 0) is 28.4 Å². The molecule has 0 aromatic rings. The van der Waals surface area contributed by atoms with Gasteiger partial charge < -0.3 is 34.2 Å². The van der Waals surface area contributed by atoms with Crippen LogP contribution in [0.4, 0.5) is 0 Å². The van der Waals surface area contributed by atoms with E-state index in [1.807, 2.05) is 41.5 Å². The van der Waals surface area contributed by atoms with Crippen molar-refractivity contribution in [1.29, 1.82) is 0 Å². The summed E-state index contributed by atoms with van der Waals surface area (Å²) in [5, 5.41) is 0. The van der Waals surface area contributed by atoms with E-state index in [1.165, 1.54) is 25.7 Å². The largest absolute Gasteiger partial charge is 0.369 e. The molecule has 2 N–H and O–H groups in total. The minimum absolute atomic E-state index is 0.476. The van der Waals surface area contributed by atoms with E-state index in [9.17, 15) is 0 Å². The van der Waals surface area contributed by atoms with Crippen LogP contribution >= 0.6 is 0 Å². The van der Waals surface area contributed by atoms with Crippen molar-refractivity contribution in [2.24, 2.45) is 5.73 Å². The molecule has 0 bridgehead atoms. The van der Waals surface area contributed by atoms with Gasteiger partial charge in [0.1, 0.15) is 11.2 Å². The van der Waals surface area contributed by atoms with Crippen LogP contribution in [0, 0.1) is 0 Å². The zero-order valence-electron chi connectivity index (χ0n) is 25.5. The Labute approximate surface area is 229 Å². The topological polar surface area (TPSA) is 81.4 Å². The van der Waals surface area contributed by atoms with Gasteiger partial charge in [-0.05, 0) is 54.4 Å². The SMILES string of the molecule is CCCCCCOC([SiH3])(OCC)C(C)(OCC)C(N)C(C)(OCC)C([SiH3])(OCC)OCCCCCC. The van der Waals surface area contributed by atoms with Crippen molar-refractivity contribution in [1.82, 2.24) is 0 Å². The maximum atomic E-state index is 7.21. The van der Waals surface area contributed by atoms with Crippen molar-refractivity contribution in [3.05, 3.63) is 0 Å². The van der Waals surface area contributed by atoms with E-state index in [0.717, 1.165) is 25.7 Å². The zero-order chi connectivity index (χ0) is 27.7. The average molecular weight is 552 g/mol. The lowest BCUT2D eigenvalue weighted by atomic mass is 9.81. The van der Waals surface area contributed by atoms with E-state index < -0.39 is 28.1 Å². The first kappa shape index (κ1) is 36.2. The third-order valence-electron chi connectivity index (χ3n) is 7.47. The van der Waals surface area contributed by atoms with E-state index in [1.54, 1.807) is 0 Å². The summed E-state index contributed by atoms with van der Waals surface area (Å²) in [6, 6.07) is -0.635. The van der Waals surface area contributed by atoms with Gasteiger partial charge in [-0.25, -0.2) is 0 Å². The Morgan fingerprint density at radius 1 is 0.528 bits per heavy atom. The maximum Gasteiger partial charge on any atom is 0.170 e. The molecule has 4 unspecified atom stereocenters. The number of nitrogens with two attached hydrogens (primary N) is 1. The Morgan fingerprint density at radius 3 is 1.14 bits per heavy atom. The lowest BCUT2D eigenvalue weighted by Crippen LogP contribution is -2.78. The Bertz CT molecular complexity index is 516. The first-order valence-corrected chi connectivity index (χ1v) is 16.6. The van der Waals surface area contributed by atoms with Crippen LogP contribution in [0.5, 0.6) is 0 Å². The summed E-state index contributed by atoms with van der Waals surface area (Å²) in [5.74, 6) is 0. The van der Waals surface area contributed by atoms with Gasteiger partial charge in [0.15, 0.2) is 10.8 Å². The summed E-state index contributed by atoms with van der Waals surface area (Å²) >= 11 is 0. The van der Waals surface area contributed by atoms with Gasteiger partial charge >= 0.3 is 0 Å². The number of rotatable bonds is 24. The van der Waals surface area contributed by atoms with Crippen molar-refractivity contribution >= 4 is 20.5 Å². The van der Waals surface area contributed by atoms with Crippen LogP contribution in [0.1, 0.15) is 107 Å². The Kier molecular flexibility index (Phi) is 18.5. The molecule has 0 heterocycles. The number of hydrogen-bond acceptors (Lipinski definition) is 7. The number of unbranched alkanes of at least 4 members (excludes halogenated alkanes) is 6. The predicted octanol–water partition coefficient (Wildman–Crippen LogP) is 3.21. The molecule has 0 aromatic carbocycles. The second-order valence-electron chi connectivity index (χ2n) is 10.1. The van der Waals surface area contributed by atoms with Crippen molar-refractivity contribution in [3.8, 4) is 0 Å². The van der Waals surface area contributed by atoms with Gasteiger partial charge in [-0.2, -0.15) is 0 Å². The van der Waals surface area contributed by atoms with E-state index in [0.29, 0.717) is 60.1 Å². The minimum atomic E-state index is -0.975. The molecule has 0 spiro atoms. The van der Waals surface area contributed by atoms with Crippen LogP contribution in [-0.4, -0.2) is 88.2 Å². The molecule has 4 atom stereocenters. The van der Waals surface area contributed by atoms with Crippen LogP contribution in [0.2, 0.25) is 0 Å². The van der Waals surface area contributed by atoms with Crippen LogP contribution in [0.25, 0.3) is 0 Å². The fourth-order valence-corrected chi connectivity index (χ4v) is 6.83. The monoisotopic (exact) mass is 551 g/mol. The van der Waals surface area contributed by atoms with Gasteiger partial charge in [0.05, 0.1) is 26.5 Å². The maximum absolute atomic E-state index is 7.21. The van der Waals surface area contributed by atoms with E-state index in [4.69, 9.17) is 34.2 Å². The first-order valence-electron chi connectivity index (χ1n) is 14.6. The summed E-state index contributed by atoms with van der Waals surface area (Å²) in [6.45, 7) is 19.6. The van der Waals surface area contributed by atoms with Crippen molar-refractivity contribution in [3.63, 3.8) is 0 Å². The van der Waals surface area contributed by atoms with E-state index >= 15 is 0 Å². The smallest absolute Gasteiger partial charge is 0.170 e. The molecule has 0 radical (unpaired) electrons. The molecule has 218 valence electrons. The third-order valence-corrected chi connectivity index (χ3v) is 10.6. The zero-order valence-corrected chi connectivity index (χ0v) is 29.5. The standard InChI is InChI=1S/C27H61NO6Si2/c1-9-15-17-19-21-33-26(35,31-13-5)24(7,29-11-3)23(28)25(8,30-12-4)27(36,32-14-6)34-22-20-18-16-10-2/h23H,9-22,28H2,1-8,35-36H3. The molecule has 0 aromatic heterocycles. The highest BCUT2D eigenvalue weighted by molar-refractivity contribution is 6.15. The molecular formula is C27H61NO6Si2. The summed E-state index contributed by atoms with van der Waals surface area (Å²) in [7, 11) is 1.15. The lowest BCUT2D eigenvalue weighted by molar-refractivity contribution is -0.331. The predicted molar refractivity (Wildman–Crippen MR) is 157 cm³/mol. The second kappa shape index (κ2) is 18.4. The fraction of sp³-hybridized carbons (Fsp3) is 1.00. The minimum Gasteiger partial charge on any atom is -0.369 e. The average Bonchev–Trinajstić information content (AvgIpc) is 2.83. The van der Waals surface area contributed by atoms with Crippen LogP contribution in [0.3, 0.4) is 0 Å². The first-order chi connectivity index (χ1) is 17.0. The van der Waals surface area contributed by atoms with Crippen molar-refractivity contribution in [2.45, 2.75) is 135 Å². The highest BCUT2D eigenvalue weighted by atomic mass is 28.2. The number of ether oxygens (including phenoxy) is 6. The summed E-state index contributed by atoms with van der Waals surface area (Å²) in [6.07, 6.45) is 9.00. The molecule has 0 saturated carbocycles. The molecule has 9 heteroatoms. The Morgan fingerprint density at radius 2 is 0.861 bits per heavy atom. The molecule has 0 aliphatic heterocycles. The van der Waals surface area contributed by atoms with E-state index in [2.05, 4.69) is 13.8 Å². The van der Waals surface area contributed by atoms with Gasteiger partial charge in [-0.15, -0.1) is 0 Å². The highest BCUT2D eigenvalue weighted by Crippen LogP contribution is 2.42. The molecule has 0 saturated heterocycles. The Hall–Kier alpha value is 0.154. The second-order valence-corrected chi connectivity index (χ2v) is 12.8. The van der Waals surface area contributed by atoms with Crippen LogP contribution in [0.15, 0.2) is 0 Å². The van der Waals surface area contributed by atoms with Gasteiger partial charge in [-0.3, -0.25) is 0 Å². The highest BCUT2D eigenvalue weighted by Gasteiger charge is 2.63. The molecule has 0 amide bonds. The normalized spacial score (nSPS) is 19.9. The molecule has 0 rings (SSSR count). The summed E-state index contributed by atoms with van der Waals surface area (Å²) < 4.78 is 38.8. The van der Waals surface area contributed by atoms with Gasteiger partial charge in [0, 0.05) is 39.6 Å². The van der Waals surface area contributed by atoms with Gasteiger partial charge in [0.2, 0.25) is 0 Å². The third kappa shape index (κ3) is 9.72. The van der Waals surface area contributed by atoms with Gasteiger partial charge in [-0.1, -0.05) is 52.4 Å². The van der Waals surface area contributed by atoms with E-state index in [-0.39, 0.29) is 0 Å². The molecule has 36 heavy (non-hydrogen) atoms. The number of hydrogen-bond donors (Lipinski definition) is 1. The van der Waals surface area contributed by atoms with Gasteiger partial charge in [0.25, 0.3) is 0 Å². The van der Waals surface area contributed by atoms with Crippen molar-refractivity contribution in [2.75, 3.05) is 39.6 Å². The molecule has 0 fully saturated rings. The Balaban J connectivity index is 6.28. The van der Waals surface area contributed by atoms with Crippen LogP contribution < -0.4 is 5.73 Å². The summed E-state index contributed by atoms with van der Waals surface area (Å²) in [5.41, 5.74) is 3.37. The van der Waals surface area contributed by atoms with Crippen molar-refractivity contribution < 1.29 is 28.4 Å². The lowest BCUT2D eigenvalue weighted by Gasteiger charge is -2.57. The molecule has 0 aliphatic carbocycles. The quantitative estimate of drug-likeness (QED) is 0.112. The fourth-order valence-electron chi connectivity index (χ4n) is 4.93. The molecular weight excluding hydrogens is 490 g/mol. The molecule has 0 aliphatic rings. The molecule has 7 nitrogen and oxygen atoms in total. The summed E-state index contributed by atoms with van der Waals surface area (Å²) in [4.78, 5) is 0.